The van der Waals surface area contributed by atoms with Gasteiger partial charge in [-0.15, -0.1) is 0 Å². The lowest BCUT2D eigenvalue weighted by Crippen LogP contribution is -2.22. The highest BCUT2D eigenvalue weighted by molar-refractivity contribution is 7.80. The van der Waals surface area contributed by atoms with Crippen LogP contribution in [0.25, 0.3) is 33.4 Å². The first-order valence-corrected chi connectivity index (χ1v) is 14.0. The fourth-order valence-corrected chi connectivity index (χ4v) is 7.50. The molecule has 0 heterocycles. The molecule has 0 N–H and O–H groups in total. The zero-order valence-electron chi connectivity index (χ0n) is 21.2. The Morgan fingerprint density at radius 1 is 0.316 bits per heavy atom. The molecule has 0 saturated heterocycles. The van der Waals surface area contributed by atoms with E-state index in [0.717, 1.165) is 0 Å². The summed E-state index contributed by atoms with van der Waals surface area (Å²) in [5.74, 6) is 0. The van der Waals surface area contributed by atoms with Gasteiger partial charge in [-0.3, -0.25) is 0 Å². The Labute approximate surface area is 230 Å². The normalized spacial score (nSPS) is 10.7. The van der Waals surface area contributed by atoms with Gasteiger partial charge in [0.25, 0.3) is 0 Å². The van der Waals surface area contributed by atoms with Crippen molar-refractivity contribution in [2.45, 2.75) is 0 Å². The Morgan fingerprint density at radius 3 is 1.13 bits per heavy atom. The Morgan fingerprint density at radius 2 is 0.684 bits per heavy atom. The predicted molar refractivity (Wildman–Crippen MR) is 173 cm³/mol. The minimum absolute atomic E-state index is 0. The first-order chi connectivity index (χ1) is 18.4. The molecule has 0 nitrogen and oxygen atoms in total. The maximum absolute atomic E-state index is 2.38. The molecule has 0 bridgehead atoms. The van der Waals surface area contributed by atoms with Crippen LogP contribution in [-0.2, 0) is 0 Å². The van der Waals surface area contributed by atoms with Gasteiger partial charge in [-0.1, -0.05) is 164 Å². The topological polar surface area (TPSA) is 0 Å². The molecular formula is C36H30P2. The first-order valence-electron chi connectivity index (χ1n) is 12.6. The van der Waals surface area contributed by atoms with Crippen molar-refractivity contribution in [2.75, 3.05) is 0 Å². The van der Waals surface area contributed by atoms with Crippen LogP contribution >= 0.6 is 17.8 Å². The molecule has 184 valence electrons. The molecule has 6 aromatic rings. The van der Waals surface area contributed by atoms with E-state index in [1.54, 1.807) is 0 Å². The van der Waals surface area contributed by atoms with Crippen molar-refractivity contribution in [3.63, 3.8) is 0 Å². The average Bonchev–Trinajstić information content (AvgIpc) is 2.99. The lowest BCUT2D eigenvalue weighted by atomic mass is 9.87. The van der Waals surface area contributed by atoms with E-state index in [2.05, 4.69) is 164 Å². The van der Waals surface area contributed by atoms with Crippen LogP contribution in [0.15, 0.2) is 164 Å². The molecule has 0 fully saturated rings. The Kier molecular flexibility index (Phi) is 8.25. The molecule has 1 unspecified atom stereocenters. The molecule has 2 heteroatoms. The average molecular weight is 525 g/mol. The highest BCUT2D eigenvalue weighted by atomic mass is 31.1. The van der Waals surface area contributed by atoms with Crippen molar-refractivity contribution >= 4 is 33.7 Å². The van der Waals surface area contributed by atoms with Gasteiger partial charge in [0.2, 0.25) is 0 Å². The van der Waals surface area contributed by atoms with Gasteiger partial charge in [0.05, 0.1) is 0 Å². The van der Waals surface area contributed by atoms with Crippen LogP contribution in [0.2, 0.25) is 0 Å². The second-order valence-electron chi connectivity index (χ2n) is 8.99. The first kappa shape index (κ1) is 25.8. The van der Waals surface area contributed by atoms with Crippen molar-refractivity contribution in [3.8, 4) is 33.4 Å². The van der Waals surface area contributed by atoms with Gasteiger partial charge < -0.3 is 0 Å². The van der Waals surface area contributed by atoms with Crippen LogP contribution < -0.4 is 15.9 Å². The number of benzene rings is 6. The Hall–Kier alpha value is -3.82. The fourth-order valence-electron chi connectivity index (χ4n) is 5.02. The number of hydrogen-bond acceptors (Lipinski definition) is 0. The third kappa shape index (κ3) is 5.25. The standard InChI is InChI=1S/C36H27P.H3P/c1-6-16-28(17-7-1)33-26-27-34(37(31-22-12-4-13-23-31)32-24-14-5-15-25-32)36(30-20-10-3-11-21-30)35(33)29-18-8-2-9-19-29;/h1-27H;1H3. The molecule has 0 radical (unpaired) electrons. The smallest absolute Gasteiger partial charge is 0.00155 e. The van der Waals surface area contributed by atoms with E-state index in [9.17, 15) is 0 Å². The minimum Gasteiger partial charge on any atom is -0.153 e. The molecule has 0 aromatic heterocycles. The van der Waals surface area contributed by atoms with Crippen LogP contribution in [-0.4, -0.2) is 0 Å². The molecule has 0 spiro atoms. The van der Waals surface area contributed by atoms with Crippen LogP contribution in [0.4, 0.5) is 0 Å². The van der Waals surface area contributed by atoms with E-state index >= 15 is 0 Å². The van der Waals surface area contributed by atoms with Gasteiger partial charge in [-0.05, 0) is 57.2 Å². The van der Waals surface area contributed by atoms with E-state index in [4.69, 9.17) is 0 Å². The molecule has 6 rings (SSSR count). The molecule has 0 aliphatic carbocycles. The molecule has 38 heavy (non-hydrogen) atoms. The third-order valence-corrected chi connectivity index (χ3v) is 9.15. The van der Waals surface area contributed by atoms with Gasteiger partial charge in [0.15, 0.2) is 0 Å². The monoisotopic (exact) mass is 524 g/mol. The van der Waals surface area contributed by atoms with Crippen molar-refractivity contribution in [3.05, 3.63) is 164 Å². The van der Waals surface area contributed by atoms with E-state index in [0.29, 0.717) is 0 Å². The summed E-state index contributed by atoms with van der Waals surface area (Å²) in [5.41, 5.74) is 7.56. The molecule has 1 atom stereocenters. The highest BCUT2D eigenvalue weighted by Crippen LogP contribution is 2.45. The number of rotatable bonds is 6. The Bertz CT molecular complexity index is 1540. The van der Waals surface area contributed by atoms with E-state index < -0.39 is 7.92 Å². The zero-order valence-corrected chi connectivity index (χ0v) is 23.6. The highest BCUT2D eigenvalue weighted by Gasteiger charge is 2.25. The molecule has 0 amide bonds. The van der Waals surface area contributed by atoms with Gasteiger partial charge >= 0.3 is 0 Å². The van der Waals surface area contributed by atoms with Crippen LogP contribution in [0.1, 0.15) is 0 Å². The van der Waals surface area contributed by atoms with Crippen LogP contribution in [0.3, 0.4) is 0 Å². The van der Waals surface area contributed by atoms with Gasteiger partial charge in [0, 0.05) is 0 Å². The van der Waals surface area contributed by atoms with Crippen LogP contribution in [0, 0.1) is 0 Å². The van der Waals surface area contributed by atoms with E-state index in [1.165, 1.54) is 49.3 Å². The lowest BCUT2D eigenvalue weighted by Gasteiger charge is -2.26. The van der Waals surface area contributed by atoms with Gasteiger partial charge in [0.1, 0.15) is 0 Å². The van der Waals surface area contributed by atoms with E-state index in [-0.39, 0.29) is 9.90 Å². The van der Waals surface area contributed by atoms with Crippen molar-refractivity contribution < 1.29 is 0 Å². The summed E-state index contributed by atoms with van der Waals surface area (Å²) in [6.07, 6.45) is 0. The third-order valence-electron chi connectivity index (χ3n) is 6.66. The SMILES string of the molecule is P.c1ccc(-c2ccc(P(c3ccccc3)c3ccccc3)c(-c3ccccc3)c2-c2ccccc2)cc1. The largest absolute Gasteiger partial charge is 0.153 e. The second kappa shape index (κ2) is 12.1. The minimum atomic E-state index is -0.778. The predicted octanol–water partition coefficient (Wildman–Crippen LogP) is 8.50. The number of hydrogen-bond donors (Lipinski definition) is 0. The molecule has 6 aromatic carbocycles. The summed E-state index contributed by atoms with van der Waals surface area (Å²) >= 11 is 0. The van der Waals surface area contributed by atoms with Crippen LogP contribution in [0.5, 0.6) is 0 Å². The van der Waals surface area contributed by atoms with E-state index in [1.807, 2.05) is 0 Å². The summed E-state index contributed by atoms with van der Waals surface area (Å²) in [5, 5.41) is 4.08. The molecule has 0 aliphatic rings. The van der Waals surface area contributed by atoms with Gasteiger partial charge in [-0.2, -0.15) is 9.90 Å². The van der Waals surface area contributed by atoms with Crippen molar-refractivity contribution in [2.24, 2.45) is 0 Å². The summed E-state index contributed by atoms with van der Waals surface area (Å²) in [7, 11) is -0.778. The molecular weight excluding hydrogens is 494 g/mol. The zero-order chi connectivity index (χ0) is 24.9. The lowest BCUT2D eigenvalue weighted by molar-refractivity contribution is 1.57. The van der Waals surface area contributed by atoms with Gasteiger partial charge in [-0.25, -0.2) is 0 Å². The molecule has 0 saturated carbocycles. The quantitative estimate of drug-likeness (QED) is 0.192. The van der Waals surface area contributed by atoms with Crippen molar-refractivity contribution in [1.82, 2.24) is 0 Å². The fraction of sp³-hybridized carbons (Fsp3) is 0. The summed E-state index contributed by atoms with van der Waals surface area (Å²) in [4.78, 5) is 0. The summed E-state index contributed by atoms with van der Waals surface area (Å²) < 4.78 is 0. The maximum atomic E-state index is 2.38. The summed E-state index contributed by atoms with van der Waals surface area (Å²) in [6, 6.07) is 59.2. The summed E-state index contributed by atoms with van der Waals surface area (Å²) in [6.45, 7) is 0. The second-order valence-corrected chi connectivity index (χ2v) is 11.2. The molecule has 0 aliphatic heterocycles. The van der Waals surface area contributed by atoms with Crippen molar-refractivity contribution in [1.29, 1.82) is 0 Å². The Balaban J connectivity index is 0.00000294. The maximum Gasteiger partial charge on any atom is -0.00155 e.